The van der Waals surface area contributed by atoms with Crippen LogP contribution >= 0.6 is 0 Å². The Labute approximate surface area is 72.1 Å². The average Bonchev–Trinajstić information content (AvgIpc) is 1.80. The van der Waals surface area contributed by atoms with Gasteiger partial charge in [0.2, 0.25) is 0 Å². The third-order valence-corrected chi connectivity index (χ3v) is 1.43. The van der Waals surface area contributed by atoms with Gasteiger partial charge in [0.05, 0.1) is 6.10 Å². The van der Waals surface area contributed by atoms with E-state index in [9.17, 15) is 13.2 Å². The predicted octanol–water partition coefficient (Wildman–Crippen LogP) is 0.496. The molecule has 0 aliphatic rings. The molecule has 0 aromatic carbocycles. The second-order valence-electron chi connectivity index (χ2n) is 2.62. The van der Waals surface area contributed by atoms with Crippen molar-refractivity contribution in [2.24, 2.45) is 0 Å². The standard InChI is InChI=1S/C7H12O4S/c1-6(2)11-7(8)4-5-12(3,9)10/h4-6H,1-3H3. The summed E-state index contributed by atoms with van der Waals surface area (Å²) < 4.78 is 25.7. The van der Waals surface area contributed by atoms with Gasteiger partial charge < -0.3 is 4.74 Å². The van der Waals surface area contributed by atoms with Crippen LogP contribution in [-0.2, 0) is 19.4 Å². The summed E-state index contributed by atoms with van der Waals surface area (Å²) in [5, 5.41) is 0.817. The van der Waals surface area contributed by atoms with Gasteiger partial charge in [-0.1, -0.05) is 0 Å². The summed E-state index contributed by atoms with van der Waals surface area (Å²) in [6.45, 7) is 3.37. The zero-order valence-electron chi connectivity index (χ0n) is 7.27. The van der Waals surface area contributed by atoms with E-state index in [0.717, 1.165) is 17.7 Å². The molecule has 0 unspecified atom stereocenters. The molecule has 0 heterocycles. The van der Waals surface area contributed by atoms with Crippen molar-refractivity contribution >= 4 is 15.8 Å². The van der Waals surface area contributed by atoms with E-state index in [1.807, 2.05) is 0 Å². The molecule has 0 bridgehead atoms. The third kappa shape index (κ3) is 7.27. The first-order chi connectivity index (χ1) is 5.31. The Morgan fingerprint density at radius 2 is 1.92 bits per heavy atom. The third-order valence-electron chi connectivity index (χ3n) is 0.803. The molecular weight excluding hydrogens is 180 g/mol. The average molecular weight is 192 g/mol. The summed E-state index contributed by atoms with van der Waals surface area (Å²) in [6.07, 6.45) is 1.67. The van der Waals surface area contributed by atoms with Crippen LogP contribution in [0.4, 0.5) is 0 Å². The molecule has 70 valence electrons. The maximum Gasteiger partial charge on any atom is 0.331 e. The van der Waals surface area contributed by atoms with E-state index in [2.05, 4.69) is 4.74 Å². The number of rotatable bonds is 3. The molecule has 0 atom stereocenters. The van der Waals surface area contributed by atoms with Gasteiger partial charge in [-0.05, 0) is 13.8 Å². The first-order valence-corrected chi connectivity index (χ1v) is 5.35. The zero-order valence-corrected chi connectivity index (χ0v) is 8.09. The molecule has 0 saturated carbocycles. The molecular formula is C7H12O4S. The van der Waals surface area contributed by atoms with E-state index in [4.69, 9.17) is 0 Å². The highest BCUT2D eigenvalue weighted by Crippen LogP contribution is 1.92. The SMILES string of the molecule is CC(C)OC(=O)C=CS(C)(=O)=O. The fourth-order valence-corrected chi connectivity index (χ4v) is 0.809. The molecule has 0 fully saturated rings. The van der Waals surface area contributed by atoms with Crippen molar-refractivity contribution in [1.29, 1.82) is 0 Å². The minimum atomic E-state index is -3.24. The Hall–Kier alpha value is -0.840. The number of hydrogen-bond acceptors (Lipinski definition) is 4. The molecule has 0 rings (SSSR count). The molecule has 12 heavy (non-hydrogen) atoms. The number of ether oxygens (including phenoxy) is 1. The Kier molecular flexibility index (Phi) is 3.95. The van der Waals surface area contributed by atoms with Crippen molar-refractivity contribution in [2.45, 2.75) is 20.0 Å². The molecule has 0 saturated heterocycles. The summed E-state index contributed by atoms with van der Waals surface area (Å²) in [6, 6.07) is 0. The van der Waals surface area contributed by atoms with Gasteiger partial charge in [0.25, 0.3) is 0 Å². The second-order valence-corrected chi connectivity index (χ2v) is 4.55. The van der Waals surface area contributed by atoms with E-state index in [1.54, 1.807) is 13.8 Å². The summed E-state index contributed by atoms with van der Waals surface area (Å²) in [7, 11) is -3.24. The quantitative estimate of drug-likeness (QED) is 0.482. The predicted molar refractivity (Wildman–Crippen MR) is 45.2 cm³/mol. The van der Waals surface area contributed by atoms with Gasteiger partial charge in [0.1, 0.15) is 0 Å². The molecule has 0 aliphatic heterocycles. The van der Waals surface area contributed by atoms with Gasteiger partial charge in [0, 0.05) is 17.7 Å². The number of carbonyl (C=O) groups is 1. The van der Waals surface area contributed by atoms with E-state index < -0.39 is 15.8 Å². The second kappa shape index (κ2) is 4.25. The van der Waals surface area contributed by atoms with Crippen molar-refractivity contribution in [2.75, 3.05) is 6.26 Å². The monoisotopic (exact) mass is 192 g/mol. The Morgan fingerprint density at radius 1 is 1.42 bits per heavy atom. The highest BCUT2D eigenvalue weighted by atomic mass is 32.2. The van der Waals surface area contributed by atoms with Gasteiger partial charge in [-0.3, -0.25) is 0 Å². The van der Waals surface area contributed by atoms with Gasteiger partial charge in [-0.15, -0.1) is 0 Å². The fourth-order valence-electron chi connectivity index (χ4n) is 0.451. The highest BCUT2D eigenvalue weighted by molar-refractivity contribution is 7.93. The Bertz CT molecular complexity index is 274. The van der Waals surface area contributed by atoms with E-state index >= 15 is 0 Å². The van der Waals surface area contributed by atoms with Crippen molar-refractivity contribution in [3.8, 4) is 0 Å². The summed E-state index contributed by atoms with van der Waals surface area (Å²) in [5.74, 6) is -0.643. The fraction of sp³-hybridized carbons (Fsp3) is 0.571. The molecule has 0 aromatic heterocycles. The molecule has 4 nitrogen and oxygen atoms in total. The van der Waals surface area contributed by atoms with Crippen molar-refractivity contribution in [3.05, 3.63) is 11.5 Å². The first-order valence-electron chi connectivity index (χ1n) is 3.40. The van der Waals surface area contributed by atoms with Crippen LogP contribution in [0.25, 0.3) is 0 Å². The lowest BCUT2D eigenvalue weighted by Gasteiger charge is -2.03. The maximum atomic E-state index is 10.7. The Balaban J connectivity index is 4.11. The summed E-state index contributed by atoms with van der Waals surface area (Å²) in [4.78, 5) is 10.7. The van der Waals surface area contributed by atoms with Crippen LogP contribution in [0, 0.1) is 0 Å². The summed E-state index contributed by atoms with van der Waals surface area (Å²) in [5.41, 5.74) is 0. The largest absolute Gasteiger partial charge is 0.460 e. The van der Waals surface area contributed by atoms with Gasteiger partial charge in [-0.2, -0.15) is 0 Å². The summed E-state index contributed by atoms with van der Waals surface area (Å²) >= 11 is 0. The molecule has 0 radical (unpaired) electrons. The minimum Gasteiger partial charge on any atom is -0.460 e. The minimum absolute atomic E-state index is 0.235. The van der Waals surface area contributed by atoms with Crippen LogP contribution in [0.5, 0.6) is 0 Å². The van der Waals surface area contributed by atoms with Crippen molar-refractivity contribution in [1.82, 2.24) is 0 Å². The molecule has 0 spiro atoms. The maximum absolute atomic E-state index is 10.7. The van der Waals surface area contributed by atoms with Crippen LogP contribution in [0.15, 0.2) is 11.5 Å². The number of hydrogen-bond donors (Lipinski definition) is 0. The van der Waals surface area contributed by atoms with E-state index in [0.29, 0.717) is 0 Å². The van der Waals surface area contributed by atoms with Crippen LogP contribution in [-0.4, -0.2) is 26.7 Å². The lowest BCUT2D eigenvalue weighted by molar-refractivity contribution is -0.141. The Morgan fingerprint density at radius 3 is 2.25 bits per heavy atom. The lowest BCUT2D eigenvalue weighted by Crippen LogP contribution is -2.08. The van der Waals surface area contributed by atoms with Crippen LogP contribution in [0.1, 0.15) is 13.8 Å². The topological polar surface area (TPSA) is 60.4 Å². The number of sulfone groups is 1. The molecule has 0 aliphatic carbocycles. The molecule has 0 amide bonds. The number of carbonyl (C=O) groups excluding carboxylic acids is 1. The number of esters is 1. The van der Waals surface area contributed by atoms with Crippen LogP contribution in [0.3, 0.4) is 0 Å². The molecule has 0 N–H and O–H groups in total. The van der Waals surface area contributed by atoms with Crippen LogP contribution in [0.2, 0.25) is 0 Å². The van der Waals surface area contributed by atoms with Gasteiger partial charge >= 0.3 is 5.97 Å². The zero-order chi connectivity index (χ0) is 9.78. The smallest absolute Gasteiger partial charge is 0.331 e. The highest BCUT2D eigenvalue weighted by Gasteiger charge is 2.01. The lowest BCUT2D eigenvalue weighted by atomic mass is 10.5. The van der Waals surface area contributed by atoms with Crippen molar-refractivity contribution < 1.29 is 17.9 Å². The van der Waals surface area contributed by atoms with Gasteiger partial charge in [-0.25, -0.2) is 13.2 Å². The van der Waals surface area contributed by atoms with Gasteiger partial charge in [0.15, 0.2) is 9.84 Å². The van der Waals surface area contributed by atoms with E-state index in [1.165, 1.54) is 0 Å². The van der Waals surface area contributed by atoms with E-state index in [-0.39, 0.29) is 6.10 Å². The normalized spacial score (nSPS) is 12.3. The first kappa shape index (κ1) is 11.2. The molecule has 5 heteroatoms. The molecule has 0 aromatic rings. The van der Waals surface area contributed by atoms with Crippen LogP contribution < -0.4 is 0 Å². The van der Waals surface area contributed by atoms with Crippen molar-refractivity contribution in [3.63, 3.8) is 0 Å².